The Labute approximate surface area is 99.3 Å². The van der Waals surface area contributed by atoms with Crippen molar-refractivity contribution in [1.82, 2.24) is 4.98 Å². The highest BCUT2D eigenvalue weighted by molar-refractivity contribution is 7.99. The lowest BCUT2D eigenvalue weighted by Crippen LogP contribution is -2.03. The summed E-state index contributed by atoms with van der Waals surface area (Å²) in [6, 6.07) is 5.20. The molecule has 1 aliphatic carbocycles. The van der Waals surface area contributed by atoms with E-state index in [0.29, 0.717) is 0 Å². The van der Waals surface area contributed by atoms with Gasteiger partial charge in [0.25, 0.3) is 0 Å². The Morgan fingerprint density at radius 2 is 2.19 bits per heavy atom. The summed E-state index contributed by atoms with van der Waals surface area (Å²) in [5.41, 5.74) is 1.02. The monoisotopic (exact) mass is 237 g/mol. The van der Waals surface area contributed by atoms with Gasteiger partial charge < -0.3 is 5.11 Å². The maximum absolute atomic E-state index is 10.7. The fraction of sp³-hybridized carbons (Fsp3) is 0.500. The average molecular weight is 237 g/mol. The Morgan fingerprint density at radius 3 is 2.88 bits per heavy atom. The number of hydrogen-bond donors (Lipinski definition) is 1. The molecule has 86 valence electrons. The molecule has 1 fully saturated rings. The van der Waals surface area contributed by atoms with Crippen LogP contribution in [0.1, 0.15) is 41.9 Å². The van der Waals surface area contributed by atoms with Crippen LogP contribution in [0.4, 0.5) is 0 Å². The van der Waals surface area contributed by atoms with Crippen molar-refractivity contribution < 1.29 is 9.90 Å². The van der Waals surface area contributed by atoms with Crippen LogP contribution in [0.25, 0.3) is 0 Å². The Balaban J connectivity index is 1.93. The molecule has 0 spiro atoms. The van der Waals surface area contributed by atoms with Gasteiger partial charge in [0.1, 0.15) is 5.69 Å². The van der Waals surface area contributed by atoms with Crippen LogP contribution < -0.4 is 0 Å². The van der Waals surface area contributed by atoms with Gasteiger partial charge in [0, 0.05) is 11.0 Å². The molecule has 0 radical (unpaired) electrons. The number of carboxylic acids is 1. The van der Waals surface area contributed by atoms with Crippen molar-refractivity contribution in [2.24, 2.45) is 0 Å². The van der Waals surface area contributed by atoms with Crippen molar-refractivity contribution in [3.05, 3.63) is 29.6 Å². The van der Waals surface area contributed by atoms with Gasteiger partial charge in [-0.15, -0.1) is 0 Å². The quantitative estimate of drug-likeness (QED) is 0.874. The van der Waals surface area contributed by atoms with E-state index in [1.807, 2.05) is 17.8 Å². The number of rotatable bonds is 4. The summed E-state index contributed by atoms with van der Waals surface area (Å²) in [6.45, 7) is 0. The van der Waals surface area contributed by atoms with E-state index in [1.54, 1.807) is 6.07 Å². The van der Waals surface area contributed by atoms with Gasteiger partial charge in [-0.3, -0.25) is 0 Å². The first-order chi connectivity index (χ1) is 7.75. The zero-order valence-corrected chi connectivity index (χ0v) is 9.87. The highest BCUT2D eigenvalue weighted by Gasteiger charge is 2.15. The number of aromatic carboxylic acids is 1. The summed E-state index contributed by atoms with van der Waals surface area (Å²) in [5.74, 6) is -0.126. The Hall–Kier alpha value is -1.03. The number of carbonyl (C=O) groups is 1. The predicted octanol–water partition coefficient (Wildman–Crippen LogP) is 2.96. The topological polar surface area (TPSA) is 50.2 Å². The van der Waals surface area contributed by atoms with Gasteiger partial charge >= 0.3 is 5.97 Å². The number of carboxylic acid groups (broad SMARTS) is 1. The van der Waals surface area contributed by atoms with Crippen LogP contribution in [-0.4, -0.2) is 21.3 Å². The minimum absolute atomic E-state index is 0.143. The van der Waals surface area contributed by atoms with Crippen LogP contribution in [0.2, 0.25) is 0 Å². The molecule has 0 aliphatic heterocycles. The largest absolute Gasteiger partial charge is 0.477 e. The van der Waals surface area contributed by atoms with Gasteiger partial charge in [0.05, 0.1) is 5.69 Å². The lowest BCUT2D eigenvalue weighted by atomic mass is 10.3. The molecule has 3 nitrogen and oxygen atoms in total. The zero-order chi connectivity index (χ0) is 11.4. The van der Waals surface area contributed by atoms with Crippen LogP contribution in [0.3, 0.4) is 0 Å². The van der Waals surface area contributed by atoms with Crippen LogP contribution in [0.5, 0.6) is 0 Å². The Morgan fingerprint density at radius 1 is 1.44 bits per heavy atom. The van der Waals surface area contributed by atoms with Crippen molar-refractivity contribution in [2.75, 3.05) is 0 Å². The first kappa shape index (κ1) is 11.5. The summed E-state index contributed by atoms with van der Waals surface area (Å²) in [6.07, 6.45) is 5.26. The van der Waals surface area contributed by atoms with Crippen molar-refractivity contribution >= 4 is 17.7 Å². The fourth-order valence-corrected chi connectivity index (χ4v) is 3.17. The van der Waals surface area contributed by atoms with E-state index in [4.69, 9.17) is 5.11 Å². The first-order valence-electron chi connectivity index (χ1n) is 5.56. The SMILES string of the molecule is O=C(O)c1cccc(CSC2CCCC2)n1. The molecule has 1 saturated carbocycles. The van der Waals surface area contributed by atoms with Gasteiger partial charge in [-0.1, -0.05) is 18.9 Å². The van der Waals surface area contributed by atoms with E-state index in [0.717, 1.165) is 16.7 Å². The lowest BCUT2D eigenvalue weighted by Gasteiger charge is -2.08. The summed E-state index contributed by atoms with van der Waals surface area (Å²) in [7, 11) is 0. The molecule has 2 rings (SSSR count). The molecular weight excluding hydrogens is 222 g/mol. The average Bonchev–Trinajstić information content (AvgIpc) is 2.79. The maximum atomic E-state index is 10.7. The van der Waals surface area contributed by atoms with Crippen LogP contribution in [-0.2, 0) is 5.75 Å². The molecular formula is C12H15NO2S. The minimum atomic E-state index is -0.951. The van der Waals surface area contributed by atoms with Crippen LogP contribution in [0.15, 0.2) is 18.2 Å². The zero-order valence-electron chi connectivity index (χ0n) is 9.06. The fourth-order valence-electron chi connectivity index (χ4n) is 1.94. The van der Waals surface area contributed by atoms with Gasteiger partial charge in [-0.25, -0.2) is 9.78 Å². The van der Waals surface area contributed by atoms with Gasteiger partial charge in [0.2, 0.25) is 0 Å². The normalized spacial score (nSPS) is 16.5. The van der Waals surface area contributed by atoms with Crippen molar-refractivity contribution in [3.8, 4) is 0 Å². The Bertz CT molecular complexity index is 375. The molecule has 0 atom stereocenters. The van der Waals surface area contributed by atoms with Gasteiger partial charge in [-0.05, 0) is 25.0 Å². The summed E-state index contributed by atoms with van der Waals surface area (Å²) in [4.78, 5) is 14.9. The number of pyridine rings is 1. The molecule has 1 heterocycles. The third kappa shape index (κ3) is 2.98. The van der Waals surface area contributed by atoms with Gasteiger partial charge in [-0.2, -0.15) is 11.8 Å². The van der Waals surface area contributed by atoms with E-state index in [9.17, 15) is 4.79 Å². The molecule has 4 heteroatoms. The van der Waals surface area contributed by atoms with Crippen LogP contribution >= 0.6 is 11.8 Å². The summed E-state index contributed by atoms with van der Waals surface area (Å²) < 4.78 is 0. The second kappa shape index (κ2) is 5.34. The summed E-state index contributed by atoms with van der Waals surface area (Å²) in [5, 5.41) is 9.57. The van der Waals surface area contributed by atoms with Crippen molar-refractivity contribution in [1.29, 1.82) is 0 Å². The molecule has 16 heavy (non-hydrogen) atoms. The molecule has 0 amide bonds. The van der Waals surface area contributed by atoms with E-state index < -0.39 is 5.97 Å². The molecule has 0 saturated heterocycles. The summed E-state index contributed by atoms with van der Waals surface area (Å²) >= 11 is 1.90. The van der Waals surface area contributed by atoms with E-state index in [1.165, 1.54) is 31.7 Å². The number of hydrogen-bond acceptors (Lipinski definition) is 3. The Kier molecular flexibility index (Phi) is 3.83. The standard InChI is InChI=1S/C12H15NO2S/c14-12(15)11-7-3-4-9(13-11)8-16-10-5-1-2-6-10/h3-4,7,10H,1-2,5-6,8H2,(H,14,15). The molecule has 1 aromatic heterocycles. The lowest BCUT2D eigenvalue weighted by molar-refractivity contribution is 0.0690. The van der Waals surface area contributed by atoms with E-state index >= 15 is 0 Å². The third-order valence-electron chi connectivity index (χ3n) is 2.80. The molecule has 1 N–H and O–H groups in total. The second-order valence-corrected chi connectivity index (χ2v) is 5.33. The predicted molar refractivity (Wildman–Crippen MR) is 64.7 cm³/mol. The minimum Gasteiger partial charge on any atom is -0.477 e. The number of nitrogens with zero attached hydrogens (tertiary/aromatic N) is 1. The van der Waals surface area contributed by atoms with Crippen molar-refractivity contribution in [2.45, 2.75) is 36.7 Å². The smallest absolute Gasteiger partial charge is 0.354 e. The molecule has 0 bridgehead atoms. The van der Waals surface area contributed by atoms with Crippen LogP contribution in [0, 0.1) is 0 Å². The highest BCUT2D eigenvalue weighted by Crippen LogP contribution is 2.31. The maximum Gasteiger partial charge on any atom is 0.354 e. The van der Waals surface area contributed by atoms with Gasteiger partial charge in [0.15, 0.2) is 0 Å². The molecule has 0 unspecified atom stereocenters. The van der Waals surface area contributed by atoms with E-state index in [-0.39, 0.29) is 5.69 Å². The molecule has 1 aromatic rings. The highest BCUT2D eigenvalue weighted by atomic mass is 32.2. The second-order valence-electron chi connectivity index (χ2n) is 4.04. The van der Waals surface area contributed by atoms with E-state index in [2.05, 4.69) is 4.98 Å². The third-order valence-corrected chi connectivity index (χ3v) is 4.20. The number of aromatic nitrogens is 1. The first-order valence-corrected chi connectivity index (χ1v) is 6.61. The molecule has 1 aliphatic rings. The number of thioether (sulfide) groups is 1. The van der Waals surface area contributed by atoms with Crippen molar-refractivity contribution in [3.63, 3.8) is 0 Å². The molecule has 0 aromatic carbocycles.